The summed E-state index contributed by atoms with van der Waals surface area (Å²) < 4.78 is 1.99. The fourth-order valence-corrected chi connectivity index (χ4v) is 2.49. The molecule has 1 saturated carbocycles. The minimum atomic E-state index is 0.537. The molecule has 0 saturated heterocycles. The Balaban J connectivity index is 2.26. The third-order valence-electron chi connectivity index (χ3n) is 3.20. The largest absolute Gasteiger partial charge is 0.330 e. The summed E-state index contributed by atoms with van der Waals surface area (Å²) >= 11 is 6.13. The molecule has 0 radical (unpaired) electrons. The van der Waals surface area contributed by atoms with Gasteiger partial charge in [0.15, 0.2) is 0 Å². The number of aromatic nitrogens is 2. The first-order valence-electron chi connectivity index (χ1n) is 5.19. The molecule has 78 valence electrons. The highest BCUT2D eigenvalue weighted by Crippen LogP contribution is 2.44. The topological polar surface area (TPSA) is 43.8 Å². The third kappa shape index (κ3) is 1.44. The van der Waals surface area contributed by atoms with Gasteiger partial charge in [-0.05, 0) is 32.2 Å². The van der Waals surface area contributed by atoms with Crippen molar-refractivity contribution in [2.45, 2.75) is 32.2 Å². The summed E-state index contributed by atoms with van der Waals surface area (Å²) in [6, 6.07) is 0. The molecular formula is C10H16ClN3. The zero-order valence-electron chi connectivity index (χ0n) is 8.41. The number of hydrogen-bond donors (Lipinski definition) is 1. The van der Waals surface area contributed by atoms with Crippen molar-refractivity contribution >= 4 is 11.6 Å². The van der Waals surface area contributed by atoms with Crippen molar-refractivity contribution in [2.75, 3.05) is 6.54 Å². The highest BCUT2D eigenvalue weighted by atomic mass is 35.5. The Morgan fingerprint density at radius 1 is 1.64 bits per heavy atom. The van der Waals surface area contributed by atoms with Crippen molar-refractivity contribution < 1.29 is 0 Å². The van der Waals surface area contributed by atoms with E-state index in [2.05, 4.69) is 12.0 Å². The number of rotatable bonds is 3. The predicted octanol–water partition coefficient (Wildman–Crippen LogP) is 2.01. The van der Waals surface area contributed by atoms with E-state index in [9.17, 15) is 0 Å². The van der Waals surface area contributed by atoms with E-state index in [1.165, 1.54) is 18.5 Å². The van der Waals surface area contributed by atoms with E-state index in [-0.39, 0.29) is 0 Å². The molecule has 1 aliphatic carbocycles. The van der Waals surface area contributed by atoms with Crippen molar-refractivity contribution in [3.8, 4) is 0 Å². The van der Waals surface area contributed by atoms with Crippen LogP contribution in [0.3, 0.4) is 0 Å². The molecule has 1 heterocycles. The Labute approximate surface area is 89.2 Å². The Morgan fingerprint density at radius 3 is 2.93 bits per heavy atom. The lowest BCUT2D eigenvalue weighted by Crippen LogP contribution is -2.32. The Bertz CT molecular complexity index is 319. The van der Waals surface area contributed by atoms with Crippen LogP contribution in [0, 0.1) is 5.92 Å². The maximum Gasteiger partial charge on any atom is 0.0820 e. The number of nitrogens with zero attached hydrogens (tertiary/aromatic N) is 2. The van der Waals surface area contributed by atoms with Crippen LogP contribution in [-0.2, 0) is 6.54 Å². The average molecular weight is 214 g/mol. The molecule has 0 spiro atoms. The molecule has 1 fully saturated rings. The summed E-state index contributed by atoms with van der Waals surface area (Å²) in [7, 11) is 0. The summed E-state index contributed by atoms with van der Waals surface area (Å²) in [5.74, 6) is 1.14. The highest BCUT2D eigenvalue weighted by molar-refractivity contribution is 6.31. The van der Waals surface area contributed by atoms with Gasteiger partial charge in [-0.25, -0.2) is 0 Å². The van der Waals surface area contributed by atoms with Crippen LogP contribution >= 0.6 is 11.6 Å². The smallest absolute Gasteiger partial charge is 0.0820 e. The van der Waals surface area contributed by atoms with Gasteiger partial charge in [0.2, 0.25) is 0 Å². The van der Waals surface area contributed by atoms with Crippen LogP contribution in [0.4, 0.5) is 0 Å². The average Bonchev–Trinajstić information content (AvgIpc) is 2.48. The highest BCUT2D eigenvalue weighted by Gasteiger charge is 2.34. The van der Waals surface area contributed by atoms with E-state index in [0.717, 1.165) is 18.1 Å². The number of nitrogens with two attached hydrogens (primary N) is 1. The molecule has 4 heteroatoms. The first-order chi connectivity index (χ1) is 6.77. The minimum Gasteiger partial charge on any atom is -0.330 e. The predicted molar refractivity (Wildman–Crippen MR) is 57.4 cm³/mol. The van der Waals surface area contributed by atoms with Gasteiger partial charge in [-0.1, -0.05) is 11.6 Å². The molecule has 1 aliphatic rings. The first-order valence-corrected chi connectivity index (χ1v) is 5.57. The van der Waals surface area contributed by atoms with Gasteiger partial charge in [-0.2, -0.15) is 5.10 Å². The van der Waals surface area contributed by atoms with Crippen molar-refractivity contribution in [1.29, 1.82) is 0 Å². The first kappa shape index (κ1) is 9.99. The maximum atomic E-state index is 6.13. The molecule has 0 amide bonds. The van der Waals surface area contributed by atoms with Gasteiger partial charge >= 0.3 is 0 Å². The summed E-state index contributed by atoms with van der Waals surface area (Å²) in [6.45, 7) is 3.73. The van der Waals surface area contributed by atoms with Crippen molar-refractivity contribution in [2.24, 2.45) is 11.7 Å². The number of aryl methyl sites for hydroxylation is 1. The van der Waals surface area contributed by atoms with Crippen LogP contribution in [0.5, 0.6) is 0 Å². The quantitative estimate of drug-likeness (QED) is 0.835. The van der Waals surface area contributed by atoms with E-state index >= 15 is 0 Å². The van der Waals surface area contributed by atoms with Gasteiger partial charge in [-0.3, -0.25) is 4.68 Å². The van der Waals surface area contributed by atoms with Crippen LogP contribution < -0.4 is 5.73 Å². The van der Waals surface area contributed by atoms with E-state index in [4.69, 9.17) is 17.3 Å². The Kier molecular flexibility index (Phi) is 2.79. The fourth-order valence-electron chi connectivity index (χ4n) is 2.20. The molecule has 0 aromatic carbocycles. The molecule has 2 unspecified atom stereocenters. The van der Waals surface area contributed by atoms with Crippen LogP contribution in [0.2, 0.25) is 5.02 Å². The lowest BCUT2D eigenvalue weighted by Gasteiger charge is -2.36. The van der Waals surface area contributed by atoms with E-state index in [1.807, 2.05) is 4.68 Å². The summed E-state index contributed by atoms with van der Waals surface area (Å²) in [4.78, 5) is 0. The van der Waals surface area contributed by atoms with Gasteiger partial charge in [-0.15, -0.1) is 0 Å². The molecule has 2 rings (SSSR count). The Hall–Kier alpha value is -0.540. The molecule has 1 aromatic heterocycles. The minimum absolute atomic E-state index is 0.537. The lowest BCUT2D eigenvalue weighted by atomic mass is 9.72. The molecule has 14 heavy (non-hydrogen) atoms. The van der Waals surface area contributed by atoms with Crippen LogP contribution in [-0.4, -0.2) is 16.3 Å². The molecule has 2 N–H and O–H groups in total. The van der Waals surface area contributed by atoms with E-state index < -0.39 is 0 Å². The van der Waals surface area contributed by atoms with Crippen LogP contribution in [0.15, 0.2) is 6.20 Å². The molecule has 0 aliphatic heterocycles. The summed E-state index contributed by atoms with van der Waals surface area (Å²) in [5, 5.41) is 5.05. The van der Waals surface area contributed by atoms with E-state index in [0.29, 0.717) is 11.8 Å². The third-order valence-corrected chi connectivity index (χ3v) is 3.50. The molecule has 0 bridgehead atoms. The second-order valence-corrected chi connectivity index (χ2v) is 4.28. The zero-order valence-corrected chi connectivity index (χ0v) is 9.17. The lowest BCUT2D eigenvalue weighted by molar-refractivity contribution is 0.250. The van der Waals surface area contributed by atoms with Crippen molar-refractivity contribution in [3.63, 3.8) is 0 Å². The van der Waals surface area contributed by atoms with Crippen LogP contribution in [0.25, 0.3) is 0 Å². The maximum absolute atomic E-state index is 6.13. The molecule has 2 atom stereocenters. The monoisotopic (exact) mass is 213 g/mol. The number of halogens is 1. The molecule has 3 nitrogen and oxygen atoms in total. The normalized spacial score (nSPS) is 26.2. The summed E-state index contributed by atoms with van der Waals surface area (Å²) in [6.07, 6.45) is 4.17. The van der Waals surface area contributed by atoms with Crippen molar-refractivity contribution in [3.05, 3.63) is 16.9 Å². The zero-order chi connectivity index (χ0) is 10.1. The van der Waals surface area contributed by atoms with Crippen molar-refractivity contribution in [1.82, 2.24) is 9.78 Å². The van der Waals surface area contributed by atoms with Gasteiger partial charge < -0.3 is 5.73 Å². The van der Waals surface area contributed by atoms with Gasteiger partial charge in [0.05, 0.1) is 16.9 Å². The van der Waals surface area contributed by atoms with Crippen LogP contribution in [0.1, 0.15) is 31.4 Å². The number of hydrogen-bond acceptors (Lipinski definition) is 2. The molecular weight excluding hydrogens is 198 g/mol. The second kappa shape index (κ2) is 3.91. The van der Waals surface area contributed by atoms with E-state index in [1.54, 1.807) is 6.20 Å². The fraction of sp³-hybridized carbons (Fsp3) is 0.700. The summed E-state index contributed by atoms with van der Waals surface area (Å²) in [5.41, 5.74) is 6.89. The van der Waals surface area contributed by atoms with Gasteiger partial charge in [0.1, 0.15) is 0 Å². The van der Waals surface area contributed by atoms with Gasteiger partial charge in [0.25, 0.3) is 0 Å². The van der Waals surface area contributed by atoms with Gasteiger partial charge in [0, 0.05) is 12.5 Å². The second-order valence-electron chi connectivity index (χ2n) is 3.87. The SMILES string of the molecule is CCn1ncc(Cl)c1C1CCC1CN. The Morgan fingerprint density at radius 2 is 2.43 bits per heavy atom. The molecule has 1 aromatic rings. The standard InChI is InChI=1S/C10H16ClN3/c1-2-14-10(9(11)6-13-14)8-4-3-7(8)5-12/h6-8H,2-5,12H2,1H3.